The number of hydrogen-bond acceptors (Lipinski definition) is 9. The zero-order chi connectivity index (χ0) is 28.1. The lowest BCUT2D eigenvalue weighted by molar-refractivity contribution is -0.274. The Balaban J connectivity index is 1.13. The van der Waals surface area contributed by atoms with Crippen LogP contribution in [0.2, 0.25) is 0 Å². The summed E-state index contributed by atoms with van der Waals surface area (Å²) in [5, 5.41) is 36.3. The SMILES string of the molecule is N#Cc1cnc(NCc2ccccc2OC(F)(F)F)nc1NCC12CC3C[C@H](C1)C(N1CC(O)C(O)C1)[C@@H](C3)C2. The minimum Gasteiger partial charge on any atom is -0.405 e. The van der Waals surface area contributed by atoms with Crippen LogP contribution >= 0.6 is 0 Å². The van der Waals surface area contributed by atoms with Gasteiger partial charge in [-0.2, -0.15) is 10.2 Å². The van der Waals surface area contributed by atoms with Crippen molar-refractivity contribution in [2.45, 2.75) is 63.3 Å². The number of benzene rings is 1. The molecule has 1 aromatic carbocycles. The van der Waals surface area contributed by atoms with Gasteiger partial charge in [-0.05, 0) is 61.3 Å². The van der Waals surface area contributed by atoms with Gasteiger partial charge in [-0.1, -0.05) is 18.2 Å². The second-order valence-corrected chi connectivity index (χ2v) is 12.0. The largest absolute Gasteiger partial charge is 0.573 e. The third kappa shape index (κ3) is 5.42. The molecule has 1 saturated heterocycles. The van der Waals surface area contributed by atoms with E-state index in [2.05, 4.69) is 36.3 Å². The fraction of sp³-hybridized carbons (Fsp3) is 0.607. The second kappa shape index (κ2) is 10.4. The van der Waals surface area contributed by atoms with E-state index < -0.39 is 18.6 Å². The van der Waals surface area contributed by atoms with Crippen molar-refractivity contribution in [3.05, 3.63) is 41.6 Å². The van der Waals surface area contributed by atoms with Crippen molar-refractivity contribution in [1.82, 2.24) is 14.9 Å². The van der Waals surface area contributed by atoms with Crippen molar-refractivity contribution in [2.24, 2.45) is 23.2 Å². The molecule has 7 atom stereocenters. The minimum atomic E-state index is -4.80. The van der Waals surface area contributed by atoms with Gasteiger partial charge in [0, 0.05) is 37.8 Å². The summed E-state index contributed by atoms with van der Waals surface area (Å²) in [5.74, 6) is 1.99. The Morgan fingerprint density at radius 2 is 1.77 bits per heavy atom. The summed E-state index contributed by atoms with van der Waals surface area (Å²) in [7, 11) is 0. The predicted molar refractivity (Wildman–Crippen MR) is 139 cm³/mol. The molecule has 5 aliphatic rings. The Morgan fingerprint density at radius 1 is 1.07 bits per heavy atom. The number of para-hydroxylation sites is 1. The molecule has 2 heterocycles. The highest BCUT2D eigenvalue weighted by Crippen LogP contribution is 2.61. The number of aromatic nitrogens is 2. The summed E-state index contributed by atoms with van der Waals surface area (Å²) < 4.78 is 42.5. The lowest BCUT2D eigenvalue weighted by Crippen LogP contribution is -2.60. The molecule has 5 fully saturated rings. The first-order valence-corrected chi connectivity index (χ1v) is 13.8. The van der Waals surface area contributed by atoms with Crippen molar-refractivity contribution in [1.29, 1.82) is 5.26 Å². The lowest BCUT2D eigenvalue weighted by Gasteiger charge is -2.62. The average molecular weight is 559 g/mol. The number of nitrogens with zero attached hydrogens (tertiary/aromatic N) is 4. The van der Waals surface area contributed by atoms with Gasteiger partial charge in [0.05, 0.1) is 18.4 Å². The molecule has 4 saturated carbocycles. The highest BCUT2D eigenvalue weighted by atomic mass is 19.4. The number of rotatable bonds is 8. The first kappa shape index (κ1) is 27.1. The normalized spacial score (nSPS) is 33.1. The van der Waals surface area contributed by atoms with Crippen molar-refractivity contribution >= 4 is 11.8 Å². The van der Waals surface area contributed by atoms with Gasteiger partial charge < -0.3 is 25.6 Å². The number of nitriles is 1. The highest BCUT2D eigenvalue weighted by molar-refractivity contribution is 5.53. The van der Waals surface area contributed by atoms with E-state index in [1.54, 1.807) is 6.07 Å². The van der Waals surface area contributed by atoms with E-state index in [9.17, 15) is 28.6 Å². The van der Waals surface area contributed by atoms with E-state index in [1.807, 2.05) is 0 Å². The van der Waals surface area contributed by atoms with Crippen LogP contribution in [-0.2, 0) is 6.54 Å². The van der Waals surface area contributed by atoms with E-state index in [1.165, 1.54) is 37.2 Å². The molecule has 0 radical (unpaired) electrons. The van der Waals surface area contributed by atoms with Gasteiger partial charge in [0.15, 0.2) is 0 Å². The first-order valence-electron chi connectivity index (χ1n) is 13.8. The van der Waals surface area contributed by atoms with Crippen LogP contribution in [0.15, 0.2) is 30.5 Å². The van der Waals surface area contributed by atoms with E-state index in [0.717, 1.165) is 19.3 Å². The maximum Gasteiger partial charge on any atom is 0.573 e. The fourth-order valence-corrected chi connectivity index (χ4v) is 8.02. The first-order chi connectivity index (χ1) is 19.1. The van der Waals surface area contributed by atoms with Gasteiger partial charge >= 0.3 is 6.36 Å². The number of ether oxygens (including phenoxy) is 1. The van der Waals surface area contributed by atoms with Crippen LogP contribution < -0.4 is 15.4 Å². The molecule has 2 aromatic rings. The zero-order valence-corrected chi connectivity index (χ0v) is 21.9. The monoisotopic (exact) mass is 558 g/mol. The molecule has 0 spiro atoms. The van der Waals surface area contributed by atoms with Gasteiger partial charge in [-0.25, -0.2) is 4.98 Å². The molecule has 4 aliphatic carbocycles. The third-order valence-electron chi connectivity index (χ3n) is 9.23. The van der Waals surface area contributed by atoms with Gasteiger partial charge in [0.25, 0.3) is 0 Å². The lowest BCUT2D eigenvalue weighted by atomic mass is 9.47. The van der Waals surface area contributed by atoms with E-state index in [4.69, 9.17) is 0 Å². The molecule has 5 unspecified atom stereocenters. The highest BCUT2D eigenvalue weighted by Gasteiger charge is 2.57. The predicted octanol–water partition coefficient (Wildman–Crippen LogP) is 3.50. The summed E-state index contributed by atoms with van der Waals surface area (Å²) >= 11 is 0. The Kier molecular flexibility index (Phi) is 7.01. The molecule has 0 amide bonds. The Hall–Kier alpha value is -3.14. The standard InChI is InChI=1S/C28H33F3N6O3/c29-28(30,31)40-23-4-2-1-3-17(23)11-33-26-34-12-20(10-32)25(36-26)35-15-27-7-16-5-18(8-27)24(19(6-16)9-27)37-13-21(38)22(39)14-37/h1-4,12,16,18-19,21-22,24,38-39H,5-9,11,13-15H2,(H2,33,34,35,36)/t16?,18-,19+,21?,22?,24?,27?. The van der Waals surface area contributed by atoms with Crippen molar-refractivity contribution in [3.8, 4) is 11.8 Å². The number of alkyl halides is 3. The van der Waals surface area contributed by atoms with Gasteiger partial charge in [0.2, 0.25) is 5.95 Å². The van der Waals surface area contributed by atoms with Crippen molar-refractivity contribution in [3.63, 3.8) is 0 Å². The van der Waals surface area contributed by atoms with Crippen LogP contribution in [0.1, 0.15) is 43.2 Å². The van der Waals surface area contributed by atoms with Crippen molar-refractivity contribution in [2.75, 3.05) is 30.3 Å². The molecule has 1 aromatic heterocycles. The van der Waals surface area contributed by atoms with E-state index in [0.29, 0.717) is 60.4 Å². The molecular weight excluding hydrogens is 525 g/mol. The summed E-state index contributed by atoms with van der Waals surface area (Å²) in [6.07, 6.45) is 0.836. The van der Waals surface area contributed by atoms with Crippen LogP contribution in [0.25, 0.3) is 0 Å². The topological polar surface area (TPSA) is 127 Å². The Morgan fingerprint density at radius 3 is 2.45 bits per heavy atom. The van der Waals surface area contributed by atoms with Gasteiger partial charge in [0.1, 0.15) is 23.2 Å². The molecule has 12 heteroatoms. The minimum absolute atomic E-state index is 0.00779. The van der Waals surface area contributed by atoms with Crippen LogP contribution in [-0.4, -0.2) is 69.3 Å². The molecule has 1 aliphatic heterocycles. The number of halogens is 3. The van der Waals surface area contributed by atoms with Crippen LogP contribution in [0.4, 0.5) is 24.9 Å². The van der Waals surface area contributed by atoms with Crippen LogP contribution in [0.5, 0.6) is 5.75 Å². The van der Waals surface area contributed by atoms with Crippen LogP contribution in [0.3, 0.4) is 0 Å². The molecule has 7 rings (SSSR count). The number of likely N-dealkylation sites (tertiary alicyclic amines) is 1. The Bertz CT molecular complexity index is 1260. The molecule has 40 heavy (non-hydrogen) atoms. The van der Waals surface area contributed by atoms with E-state index in [-0.39, 0.29) is 23.7 Å². The zero-order valence-electron chi connectivity index (χ0n) is 21.9. The number of nitrogens with one attached hydrogen (secondary N) is 2. The van der Waals surface area contributed by atoms with Crippen LogP contribution in [0, 0.1) is 34.5 Å². The van der Waals surface area contributed by atoms with Gasteiger partial charge in [-0.15, -0.1) is 13.2 Å². The number of hydrogen-bond donors (Lipinski definition) is 4. The molecule has 4 N–H and O–H groups in total. The quantitative estimate of drug-likeness (QED) is 0.385. The summed E-state index contributed by atoms with van der Waals surface area (Å²) in [6, 6.07) is 8.39. The number of β-amino-alcohol motifs (C(OH)–C–C–N with tert-alkyl or cyclic N) is 2. The third-order valence-corrected chi connectivity index (χ3v) is 9.23. The molecule has 214 valence electrons. The summed E-state index contributed by atoms with van der Waals surface area (Å²) in [4.78, 5) is 11.0. The molecule has 4 bridgehead atoms. The smallest absolute Gasteiger partial charge is 0.405 e. The number of aliphatic hydroxyl groups is 2. The number of anilines is 2. The summed E-state index contributed by atoms with van der Waals surface area (Å²) in [6.45, 7) is 1.74. The maximum absolute atomic E-state index is 12.8. The average Bonchev–Trinajstić information content (AvgIpc) is 3.23. The number of aliphatic hydroxyl groups excluding tert-OH is 2. The van der Waals surface area contributed by atoms with Gasteiger partial charge in [-0.3, -0.25) is 4.90 Å². The fourth-order valence-electron chi connectivity index (χ4n) is 8.02. The Labute approximate surface area is 230 Å². The second-order valence-electron chi connectivity index (χ2n) is 12.0. The summed E-state index contributed by atoms with van der Waals surface area (Å²) in [5.41, 5.74) is 0.681. The van der Waals surface area contributed by atoms with E-state index >= 15 is 0 Å². The molecular formula is C28H33F3N6O3. The maximum atomic E-state index is 12.8. The van der Waals surface area contributed by atoms with Crippen molar-refractivity contribution < 1.29 is 28.1 Å². The molecule has 9 nitrogen and oxygen atoms in total.